The molecule has 2 rings (SSSR count). The van der Waals surface area contributed by atoms with E-state index in [1.54, 1.807) is 0 Å². The zero-order chi connectivity index (χ0) is 13.7. The molecule has 1 saturated heterocycles. The highest BCUT2D eigenvalue weighted by Gasteiger charge is 2.12. The minimum absolute atomic E-state index is 0.193. The summed E-state index contributed by atoms with van der Waals surface area (Å²) in [6.45, 7) is 4.50. The Labute approximate surface area is 115 Å². The third-order valence-electron chi connectivity index (χ3n) is 3.38. The van der Waals surface area contributed by atoms with Gasteiger partial charge in [0.25, 0.3) is 0 Å². The molecule has 0 amide bonds. The molecule has 0 bridgehead atoms. The molecule has 1 aliphatic heterocycles. The summed E-state index contributed by atoms with van der Waals surface area (Å²) in [5, 5.41) is 0. The SMILES string of the molecule is CCCS(=O)(=O)NCc1ccc(N2CCCC2)cc1. The van der Waals surface area contributed by atoms with Crippen molar-refractivity contribution in [3.8, 4) is 0 Å². The van der Waals surface area contributed by atoms with Gasteiger partial charge in [-0.05, 0) is 37.0 Å². The van der Waals surface area contributed by atoms with E-state index in [2.05, 4.69) is 21.8 Å². The second kappa shape index (κ2) is 6.39. The van der Waals surface area contributed by atoms with Crippen LogP contribution in [0.4, 0.5) is 5.69 Å². The van der Waals surface area contributed by atoms with E-state index in [9.17, 15) is 8.42 Å². The summed E-state index contributed by atoms with van der Waals surface area (Å²) in [6, 6.07) is 8.16. The summed E-state index contributed by atoms with van der Waals surface area (Å²) in [7, 11) is -3.12. The Morgan fingerprint density at radius 1 is 1.16 bits per heavy atom. The Kier molecular flexibility index (Phi) is 4.82. The van der Waals surface area contributed by atoms with Gasteiger partial charge in [-0.2, -0.15) is 0 Å². The van der Waals surface area contributed by atoms with Gasteiger partial charge in [0.2, 0.25) is 10.0 Å². The van der Waals surface area contributed by atoms with Gasteiger partial charge in [-0.25, -0.2) is 13.1 Å². The highest BCUT2D eigenvalue weighted by Crippen LogP contribution is 2.20. The van der Waals surface area contributed by atoms with Crippen LogP contribution < -0.4 is 9.62 Å². The molecule has 0 aromatic heterocycles. The number of nitrogens with one attached hydrogen (secondary N) is 1. The molecule has 0 spiro atoms. The van der Waals surface area contributed by atoms with Crippen molar-refractivity contribution in [1.82, 2.24) is 4.72 Å². The van der Waals surface area contributed by atoms with Gasteiger partial charge in [-0.3, -0.25) is 0 Å². The van der Waals surface area contributed by atoms with Crippen LogP contribution in [0.2, 0.25) is 0 Å². The number of anilines is 1. The lowest BCUT2D eigenvalue weighted by Crippen LogP contribution is -2.25. The number of rotatable bonds is 6. The molecule has 106 valence electrons. The van der Waals surface area contributed by atoms with Crippen LogP contribution in [-0.4, -0.2) is 27.3 Å². The van der Waals surface area contributed by atoms with Crippen molar-refractivity contribution in [1.29, 1.82) is 0 Å². The van der Waals surface area contributed by atoms with E-state index in [4.69, 9.17) is 0 Å². The number of benzene rings is 1. The first kappa shape index (κ1) is 14.3. The average molecular weight is 282 g/mol. The van der Waals surface area contributed by atoms with E-state index >= 15 is 0 Å². The van der Waals surface area contributed by atoms with Crippen LogP contribution in [0.5, 0.6) is 0 Å². The summed E-state index contributed by atoms with van der Waals surface area (Å²) in [5.74, 6) is 0.193. The van der Waals surface area contributed by atoms with E-state index < -0.39 is 10.0 Å². The van der Waals surface area contributed by atoms with Crippen LogP contribution >= 0.6 is 0 Å². The Bertz CT molecular complexity index is 491. The standard InChI is InChI=1S/C14H22N2O2S/c1-2-11-19(17,18)15-12-13-5-7-14(8-6-13)16-9-3-4-10-16/h5-8,15H,2-4,9-12H2,1H3. The molecule has 1 aromatic carbocycles. The fourth-order valence-electron chi connectivity index (χ4n) is 2.33. The average Bonchev–Trinajstić information content (AvgIpc) is 2.91. The zero-order valence-electron chi connectivity index (χ0n) is 11.4. The molecule has 1 aromatic rings. The number of nitrogens with zero attached hydrogens (tertiary/aromatic N) is 1. The van der Waals surface area contributed by atoms with Crippen LogP contribution in [0.25, 0.3) is 0 Å². The Balaban J connectivity index is 1.91. The summed E-state index contributed by atoms with van der Waals surface area (Å²) < 4.78 is 25.7. The van der Waals surface area contributed by atoms with E-state index in [0.29, 0.717) is 13.0 Å². The lowest BCUT2D eigenvalue weighted by atomic mass is 10.2. The summed E-state index contributed by atoms with van der Waals surface area (Å²) >= 11 is 0. The van der Waals surface area contributed by atoms with Crippen LogP contribution in [0, 0.1) is 0 Å². The van der Waals surface area contributed by atoms with Gasteiger partial charge in [0, 0.05) is 25.3 Å². The first-order valence-corrected chi connectivity index (χ1v) is 8.57. The monoisotopic (exact) mass is 282 g/mol. The van der Waals surface area contributed by atoms with Crippen molar-refractivity contribution in [3.63, 3.8) is 0 Å². The maximum atomic E-state index is 11.6. The molecule has 0 radical (unpaired) electrons. The van der Waals surface area contributed by atoms with Crippen LogP contribution in [0.3, 0.4) is 0 Å². The molecule has 1 N–H and O–H groups in total. The predicted molar refractivity (Wildman–Crippen MR) is 78.8 cm³/mol. The molecule has 4 nitrogen and oxygen atoms in total. The quantitative estimate of drug-likeness (QED) is 0.869. The third-order valence-corrected chi connectivity index (χ3v) is 4.91. The Morgan fingerprint density at radius 2 is 1.79 bits per heavy atom. The third kappa shape index (κ3) is 4.21. The number of hydrogen-bond donors (Lipinski definition) is 1. The topological polar surface area (TPSA) is 49.4 Å². The lowest BCUT2D eigenvalue weighted by Gasteiger charge is -2.17. The first-order chi connectivity index (χ1) is 9.11. The fraction of sp³-hybridized carbons (Fsp3) is 0.571. The van der Waals surface area contributed by atoms with Crippen molar-refractivity contribution < 1.29 is 8.42 Å². The Hall–Kier alpha value is -1.07. The van der Waals surface area contributed by atoms with Crippen LogP contribution in [-0.2, 0) is 16.6 Å². The number of sulfonamides is 1. The molecular weight excluding hydrogens is 260 g/mol. The van der Waals surface area contributed by atoms with Crippen molar-refractivity contribution in [3.05, 3.63) is 29.8 Å². The molecular formula is C14H22N2O2S. The highest BCUT2D eigenvalue weighted by molar-refractivity contribution is 7.89. The van der Waals surface area contributed by atoms with Crippen molar-refractivity contribution in [2.24, 2.45) is 0 Å². The molecule has 0 atom stereocenters. The largest absolute Gasteiger partial charge is 0.372 e. The van der Waals surface area contributed by atoms with Gasteiger partial charge in [0.05, 0.1) is 5.75 Å². The predicted octanol–water partition coefficient (Wildman–Crippen LogP) is 2.12. The molecule has 1 aliphatic rings. The molecule has 19 heavy (non-hydrogen) atoms. The normalized spacial score (nSPS) is 15.9. The van der Waals surface area contributed by atoms with Gasteiger partial charge >= 0.3 is 0 Å². The molecule has 1 heterocycles. The number of hydrogen-bond acceptors (Lipinski definition) is 3. The maximum absolute atomic E-state index is 11.6. The van der Waals surface area contributed by atoms with E-state index in [0.717, 1.165) is 18.7 Å². The van der Waals surface area contributed by atoms with Crippen molar-refractivity contribution >= 4 is 15.7 Å². The highest BCUT2D eigenvalue weighted by atomic mass is 32.2. The molecule has 5 heteroatoms. The van der Waals surface area contributed by atoms with E-state index in [-0.39, 0.29) is 5.75 Å². The molecule has 0 unspecified atom stereocenters. The Morgan fingerprint density at radius 3 is 2.37 bits per heavy atom. The summed E-state index contributed by atoms with van der Waals surface area (Å²) in [6.07, 6.45) is 3.17. The fourth-order valence-corrected chi connectivity index (χ4v) is 3.40. The van der Waals surface area contributed by atoms with Crippen molar-refractivity contribution in [2.45, 2.75) is 32.7 Å². The van der Waals surface area contributed by atoms with Crippen molar-refractivity contribution in [2.75, 3.05) is 23.7 Å². The van der Waals surface area contributed by atoms with Crippen LogP contribution in [0.1, 0.15) is 31.7 Å². The second-order valence-corrected chi connectivity index (χ2v) is 6.93. The van der Waals surface area contributed by atoms with Gasteiger partial charge in [0.15, 0.2) is 0 Å². The summed E-state index contributed by atoms with van der Waals surface area (Å²) in [5.41, 5.74) is 2.24. The molecule has 1 fully saturated rings. The molecule has 0 aliphatic carbocycles. The summed E-state index contributed by atoms with van der Waals surface area (Å²) in [4.78, 5) is 2.37. The van der Waals surface area contributed by atoms with Gasteiger partial charge in [-0.1, -0.05) is 19.1 Å². The van der Waals surface area contributed by atoms with E-state index in [1.165, 1.54) is 18.5 Å². The van der Waals surface area contributed by atoms with E-state index in [1.807, 2.05) is 19.1 Å². The van der Waals surface area contributed by atoms with Gasteiger partial charge in [0.1, 0.15) is 0 Å². The minimum Gasteiger partial charge on any atom is -0.372 e. The maximum Gasteiger partial charge on any atom is 0.211 e. The van der Waals surface area contributed by atoms with Gasteiger partial charge in [-0.15, -0.1) is 0 Å². The lowest BCUT2D eigenvalue weighted by molar-refractivity contribution is 0.580. The zero-order valence-corrected chi connectivity index (χ0v) is 12.2. The second-order valence-electron chi connectivity index (χ2n) is 5.00. The van der Waals surface area contributed by atoms with Crippen LogP contribution in [0.15, 0.2) is 24.3 Å². The molecule has 0 saturated carbocycles. The van der Waals surface area contributed by atoms with Gasteiger partial charge < -0.3 is 4.90 Å². The first-order valence-electron chi connectivity index (χ1n) is 6.92. The minimum atomic E-state index is -3.12. The smallest absolute Gasteiger partial charge is 0.211 e.